The number of hydrogen-bond donors (Lipinski definition) is 1. The third-order valence-corrected chi connectivity index (χ3v) is 4.42. The summed E-state index contributed by atoms with van der Waals surface area (Å²) >= 11 is 0. The minimum Gasteiger partial charge on any atom is -0.428 e. The summed E-state index contributed by atoms with van der Waals surface area (Å²) in [5.41, 5.74) is 0. The van der Waals surface area contributed by atoms with E-state index >= 15 is 0 Å². The molecule has 0 radical (unpaired) electrons. The van der Waals surface area contributed by atoms with E-state index in [0.29, 0.717) is 5.06 Å². The number of carbonyl (C=O) groups is 7. The van der Waals surface area contributed by atoms with E-state index in [1.54, 1.807) is 0 Å². The first-order valence-corrected chi connectivity index (χ1v) is 10.6. The van der Waals surface area contributed by atoms with Crippen molar-refractivity contribution in [2.24, 2.45) is 0 Å². The fraction of sp³-hybridized carbons (Fsp3) is 0.550. The molecule has 15 heteroatoms. The summed E-state index contributed by atoms with van der Waals surface area (Å²) in [5, 5.41) is 2.89. The second-order valence-corrected chi connectivity index (χ2v) is 6.94. The summed E-state index contributed by atoms with van der Waals surface area (Å²) < 4.78 is 19.5. The standard InChI is InChI=1S/C20H25N3O12/c24-14(5-8-22-15(25)1-2-16(22)26)21-7-10-32-12-11-31-9-6-19(29)33-13-34-20(30)35-23-17(27)3-4-18(23)28/h1-2H,3-13H2,(H,21,24). The van der Waals surface area contributed by atoms with Gasteiger partial charge in [-0.1, -0.05) is 5.06 Å². The van der Waals surface area contributed by atoms with Crippen molar-refractivity contribution in [1.82, 2.24) is 15.3 Å². The van der Waals surface area contributed by atoms with Crippen LogP contribution in [-0.2, 0) is 52.6 Å². The van der Waals surface area contributed by atoms with Gasteiger partial charge in [-0.2, -0.15) is 0 Å². The van der Waals surface area contributed by atoms with E-state index in [0.717, 1.165) is 17.1 Å². The molecule has 35 heavy (non-hydrogen) atoms. The second kappa shape index (κ2) is 14.4. The average Bonchev–Trinajstić information content (AvgIpc) is 3.31. The van der Waals surface area contributed by atoms with Gasteiger partial charge in [0.2, 0.25) is 12.7 Å². The molecule has 0 aromatic rings. The van der Waals surface area contributed by atoms with Gasteiger partial charge in [0, 0.05) is 44.5 Å². The third-order valence-electron chi connectivity index (χ3n) is 4.42. The summed E-state index contributed by atoms with van der Waals surface area (Å²) in [6.45, 7) is 0.0816. The number of esters is 1. The highest BCUT2D eigenvalue weighted by molar-refractivity contribution is 6.13. The zero-order valence-corrected chi connectivity index (χ0v) is 18.7. The van der Waals surface area contributed by atoms with Gasteiger partial charge in [-0.3, -0.25) is 38.5 Å². The highest BCUT2D eigenvalue weighted by atomic mass is 16.9. The van der Waals surface area contributed by atoms with Crippen LogP contribution in [0.4, 0.5) is 4.79 Å². The van der Waals surface area contributed by atoms with E-state index in [2.05, 4.69) is 19.6 Å². The van der Waals surface area contributed by atoms with Crippen molar-refractivity contribution in [3.63, 3.8) is 0 Å². The molecule has 0 unspecified atom stereocenters. The Balaban J connectivity index is 1.37. The molecule has 0 saturated carbocycles. The van der Waals surface area contributed by atoms with Gasteiger partial charge in [0.15, 0.2) is 0 Å². The van der Waals surface area contributed by atoms with Crippen LogP contribution in [0.15, 0.2) is 12.2 Å². The van der Waals surface area contributed by atoms with Crippen molar-refractivity contribution in [3.05, 3.63) is 12.2 Å². The predicted octanol–water partition coefficient (Wildman–Crippen LogP) is -1.44. The number of hydroxylamine groups is 2. The number of rotatable bonds is 15. The zero-order chi connectivity index (χ0) is 25.6. The lowest BCUT2D eigenvalue weighted by molar-refractivity contribution is -0.182. The maximum absolute atomic E-state index is 11.7. The molecule has 0 atom stereocenters. The number of nitrogens with one attached hydrogen (secondary N) is 1. The summed E-state index contributed by atoms with van der Waals surface area (Å²) in [6.07, 6.45) is 0.677. The Hall–Kier alpha value is -3.85. The van der Waals surface area contributed by atoms with Crippen LogP contribution in [-0.4, -0.2) is 97.9 Å². The van der Waals surface area contributed by atoms with Crippen LogP contribution in [0.25, 0.3) is 0 Å². The van der Waals surface area contributed by atoms with Crippen LogP contribution in [0.5, 0.6) is 0 Å². The van der Waals surface area contributed by atoms with Gasteiger partial charge in [0.05, 0.1) is 32.8 Å². The van der Waals surface area contributed by atoms with Crippen molar-refractivity contribution < 1.29 is 57.3 Å². The number of nitrogens with zero attached hydrogens (tertiary/aromatic N) is 2. The molecule has 0 spiro atoms. The Bertz CT molecular complexity index is 837. The maximum Gasteiger partial charge on any atom is 0.536 e. The van der Waals surface area contributed by atoms with E-state index < -0.39 is 42.5 Å². The molecular weight excluding hydrogens is 474 g/mol. The topological polar surface area (TPSA) is 184 Å². The molecule has 0 aliphatic carbocycles. The van der Waals surface area contributed by atoms with Crippen molar-refractivity contribution in [3.8, 4) is 0 Å². The Morgan fingerprint density at radius 2 is 1.46 bits per heavy atom. The number of amides is 5. The molecule has 2 aliphatic rings. The lowest BCUT2D eigenvalue weighted by Crippen LogP contribution is -2.35. The van der Waals surface area contributed by atoms with Crippen molar-refractivity contribution >= 4 is 41.7 Å². The lowest BCUT2D eigenvalue weighted by atomic mass is 10.3. The van der Waals surface area contributed by atoms with Crippen LogP contribution >= 0.6 is 0 Å². The van der Waals surface area contributed by atoms with Gasteiger partial charge < -0.3 is 24.3 Å². The van der Waals surface area contributed by atoms with Crippen LogP contribution in [0.2, 0.25) is 0 Å². The number of imide groups is 2. The van der Waals surface area contributed by atoms with Gasteiger partial charge in [0.25, 0.3) is 23.6 Å². The molecule has 1 saturated heterocycles. The van der Waals surface area contributed by atoms with Crippen molar-refractivity contribution in [2.75, 3.05) is 46.3 Å². The van der Waals surface area contributed by atoms with Crippen molar-refractivity contribution in [1.29, 1.82) is 0 Å². The number of carbonyl (C=O) groups excluding carboxylic acids is 7. The molecule has 15 nitrogen and oxygen atoms in total. The predicted molar refractivity (Wildman–Crippen MR) is 109 cm³/mol. The largest absolute Gasteiger partial charge is 0.536 e. The highest BCUT2D eigenvalue weighted by Crippen LogP contribution is 2.12. The smallest absolute Gasteiger partial charge is 0.428 e. The zero-order valence-electron chi connectivity index (χ0n) is 18.7. The van der Waals surface area contributed by atoms with Crippen molar-refractivity contribution in [2.45, 2.75) is 25.7 Å². The van der Waals surface area contributed by atoms with E-state index in [9.17, 15) is 33.6 Å². The average molecular weight is 499 g/mol. The summed E-state index contributed by atoms with van der Waals surface area (Å²) in [6, 6.07) is 0. The Morgan fingerprint density at radius 3 is 2.11 bits per heavy atom. The molecule has 1 N–H and O–H groups in total. The molecule has 0 aromatic heterocycles. The molecule has 1 fully saturated rings. The van der Waals surface area contributed by atoms with Gasteiger partial charge in [-0.15, -0.1) is 0 Å². The third kappa shape index (κ3) is 9.89. The minimum atomic E-state index is -1.36. The van der Waals surface area contributed by atoms with Crippen LogP contribution in [0.3, 0.4) is 0 Å². The van der Waals surface area contributed by atoms with Gasteiger partial charge in [-0.25, -0.2) is 4.79 Å². The summed E-state index contributed by atoms with van der Waals surface area (Å²) in [4.78, 5) is 85.3. The molecule has 2 heterocycles. The van der Waals surface area contributed by atoms with Gasteiger partial charge >= 0.3 is 12.1 Å². The normalized spacial score (nSPS) is 15.1. The molecule has 192 valence electrons. The maximum atomic E-state index is 11.7. The van der Waals surface area contributed by atoms with Gasteiger partial charge in [0.1, 0.15) is 0 Å². The van der Waals surface area contributed by atoms with E-state index in [1.807, 2.05) is 0 Å². The quantitative estimate of drug-likeness (QED) is 0.120. The highest BCUT2D eigenvalue weighted by Gasteiger charge is 2.33. The summed E-state index contributed by atoms with van der Waals surface area (Å²) in [5.74, 6) is -3.27. The second-order valence-electron chi connectivity index (χ2n) is 6.94. The van der Waals surface area contributed by atoms with E-state index in [1.165, 1.54) is 0 Å². The Morgan fingerprint density at radius 1 is 0.829 bits per heavy atom. The lowest BCUT2D eigenvalue weighted by Gasteiger charge is -2.13. The molecule has 2 rings (SSSR count). The first-order chi connectivity index (χ1) is 16.8. The summed E-state index contributed by atoms with van der Waals surface area (Å²) in [7, 11) is 0. The van der Waals surface area contributed by atoms with Crippen LogP contribution in [0, 0.1) is 0 Å². The molecule has 0 aromatic carbocycles. The van der Waals surface area contributed by atoms with Crippen LogP contribution in [0.1, 0.15) is 25.7 Å². The van der Waals surface area contributed by atoms with Crippen LogP contribution < -0.4 is 5.32 Å². The molecule has 0 bridgehead atoms. The SMILES string of the molecule is O=C(CCN1C(=O)C=CC1=O)NCCOCCOCCC(=O)OCOC(=O)ON1C(=O)CCC1=O. The fourth-order valence-electron chi connectivity index (χ4n) is 2.67. The molecule has 2 aliphatic heterocycles. The van der Waals surface area contributed by atoms with E-state index in [4.69, 9.17) is 9.47 Å². The first-order valence-electron chi connectivity index (χ1n) is 10.6. The number of hydrogen-bond acceptors (Lipinski definition) is 12. The monoisotopic (exact) mass is 499 g/mol. The fourth-order valence-corrected chi connectivity index (χ4v) is 2.67. The Labute approximate surface area is 199 Å². The molecular formula is C20H25N3O12. The molecule has 5 amide bonds. The Kier molecular flexibility index (Phi) is 11.3. The van der Waals surface area contributed by atoms with E-state index in [-0.39, 0.29) is 71.1 Å². The van der Waals surface area contributed by atoms with Gasteiger partial charge in [-0.05, 0) is 0 Å². The first kappa shape index (κ1) is 27.4. The minimum absolute atomic E-state index is 0.00443. The number of ether oxygens (including phenoxy) is 4.